The highest BCUT2D eigenvalue weighted by atomic mass is 35.5. The molecule has 0 radical (unpaired) electrons. The van der Waals surface area contributed by atoms with Crippen molar-refractivity contribution in [3.63, 3.8) is 0 Å². The molecule has 1 saturated heterocycles. The van der Waals surface area contributed by atoms with Crippen molar-refractivity contribution in [2.24, 2.45) is 0 Å². The third kappa shape index (κ3) is 4.25. The number of anilines is 1. The molecule has 26 heavy (non-hydrogen) atoms. The molecule has 138 valence electrons. The number of amides is 1. The van der Waals surface area contributed by atoms with Gasteiger partial charge in [-0.1, -0.05) is 11.6 Å². The number of nitrogens with zero attached hydrogens (tertiary/aromatic N) is 4. The standard InChI is InChI=1S/C19H23ClN4O2/c1-14-4-9-17(22-21-14)23-10-12-24(13-11-23)18(25)19(2,3)26-16-7-5-15(20)6-8-16/h4-9H,10-13H2,1-3H3. The summed E-state index contributed by atoms with van der Waals surface area (Å²) >= 11 is 5.90. The predicted octanol–water partition coefficient (Wildman–Crippen LogP) is 2.94. The number of benzene rings is 1. The fourth-order valence-electron chi connectivity index (χ4n) is 2.92. The van der Waals surface area contributed by atoms with Crippen molar-refractivity contribution in [2.75, 3.05) is 31.1 Å². The molecule has 1 aliphatic heterocycles. The summed E-state index contributed by atoms with van der Waals surface area (Å²) in [6.45, 7) is 8.20. The summed E-state index contributed by atoms with van der Waals surface area (Å²) in [5.41, 5.74) is -0.0525. The summed E-state index contributed by atoms with van der Waals surface area (Å²) in [5.74, 6) is 1.45. The van der Waals surface area contributed by atoms with Crippen LogP contribution in [0, 0.1) is 6.92 Å². The van der Waals surface area contributed by atoms with E-state index in [1.165, 1.54) is 0 Å². The fraction of sp³-hybridized carbons (Fsp3) is 0.421. The lowest BCUT2D eigenvalue weighted by Crippen LogP contribution is -2.56. The molecule has 1 aromatic heterocycles. The highest BCUT2D eigenvalue weighted by Crippen LogP contribution is 2.23. The van der Waals surface area contributed by atoms with Crippen LogP contribution in [0.15, 0.2) is 36.4 Å². The number of halogens is 1. The van der Waals surface area contributed by atoms with Gasteiger partial charge in [0.2, 0.25) is 0 Å². The second-order valence-electron chi connectivity index (χ2n) is 6.88. The summed E-state index contributed by atoms with van der Waals surface area (Å²) in [7, 11) is 0. The van der Waals surface area contributed by atoms with Crippen LogP contribution in [0.2, 0.25) is 5.02 Å². The Bertz CT molecular complexity index is 754. The number of rotatable bonds is 4. The van der Waals surface area contributed by atoms with E-state index in [0.717, 1.165) is 24.6 Å². The summed E-state index contributed by atoms with van der Waals surface area (Å²) < 4.78 is 5.91. The quantitative estimate of drug-likeness (QED) is 0.823. The molecule has 0 saturated carbocycles. The minimum absolute atomic E-state index is 0.0258. The minimum Gasteiger partial charge on any atom is -0.478 e. The van der Waals surface area contributed by atoms with Crippen LogP contribution in [0.25, 0.3) is 0 Å². The molecule has 0 atom stereocenters. The monoisotopic (exact) mass is 374 g/mol. The molecule has 3 rings (SSSR count). The second kappa shape index (κ2) is 7.50. The molecule has 1 aromatic carbocycles. The van der Waals surface area contributed by atoms with Crippen LogP contribution >= 0.6 is 11.6 Å². The molecule has 6 nitrogen and oxygen atoms in total. The first-order valence-electron chi connectivity index (χ1n) is 8.64. The van der Waals surface area contributed by atoms with Gasteiger partial charge >= 0.3 is 0 Å². The van der Waals surface area contributed by atoms with Crippen LogP contribution in [0.4, 0.5) is 5.82 Å². The molecule has 2 heterocycles. The molecular weight excluding hydrogens is 352 g/mol. The molecule has 0 aliphatic carbocycles. The largest absolute Gasteiger partial charge is 0.478 e. The van der Waals surface area contributed by atoms with Crippen molar-refractivity contribution in [2.45, 2.75) is 26.4 Å². The third-order valence-electron chi connectivity index (χ3n) is 4.38. The van der Waals surface area contributed by atoms with Gasteiger partial charge in [0, 0.05) is 31.2 Å². The average molecular weight is 375 g/mol. The van der Waals surface area contributed by atoms with E-state index in [0.29, 0.717) is 23.9 Å². The molecule has 0 unspecified atom stereocenters. The molecule has 1 fully saturated rings. The van der Waals surface area contributed by atoms with Crippen molar-refractivity contribution in [3.8, 4) is 5.75 Å². The topological polar surface area (TPSA) is 58.6 Å². The van der Waals surface area contributed by atoms with E-state index < -0.39 is 5.60 Å². The molecule has 7 heteroatoms. The zero-order valence-electron chi connectivity index (χ0n) is 15.3. The van der Waals surface area contributed by atoms with E-state index in [1.54, 1.807) is 38.1 Å². The SMILES string of the molecule is Cc1ccc(N2CCN(C(=O)C(C)(C)Oc3ccc(Cl)cc3)CC2)nn1. The zero-order chi connectivity index (χ0) is 18.7. The Balaban J connectivity index is 1.60. The number of aryl methyl sites for hydroxylation is 1. The van der Waals surface area contributed by atoms with Crippen LogP contribution in [-0.4, -0.2) is 52.8 Å². The van der Waals surface area contributed by atoms with Gasteiger partial charge in [-0.2, -0.15) is 5.10 Å². The van der Waals surface area contributed by atoms with Crippen LogP contribution in [-0.2, 0) is 4.79 Å². The fourth-order valence-corrected chi connectivity index (χ4v) is 3.05. The minimum atomic E-state index is -0.945. The smallest absolute Gasteiger partial charge is 0.266 e. The Morgan fingerprint density at radius 2 is 1.69 bits per heavy atom. The number of carbonyl (C=O) groups is 1. The van der Waals surface area contributed by atoms with Gasteiger partial charge < -0.3 is 14.5 Å². The van der Waals surface area contributed by atoms with Crippen LogP contribution in [0.5, 0.6) is 5.75 Å². The summed E-state index contributed by atoms with van der Waals surface area (Å²) in [6.07, 6.45) is 0. The van der Waals surface area contributed by atoms with E-state index in [-0.39, 0.29) is 5.91 Å². The van der Waals surface area contributed by atoms with E-state index in [4.69, 9.17) is 16.3 Å². The summed E-state index contributed by atoms with van der Waals surface area (Å²) in [4.78, 5) is 16.9. The van der Waals surface area contributed by atoms with Gasteiger partial charge in [0.1, 0.15) is 5.75 Å². The lowest BCUT2D eigenvalue weighted by molar-refractivity contribution is -0.145. The van der Waals surface area contributed by atoms with Crippen LogP contribution in [0.3, 0.4) is 0 Å². The Morgan fingerprint density at radius 3 is 2.27 bits per heavy atom. The van der Waals surface area contributed by atoms with Gasteiger partial charge in [0.15, 0.2) is 11.4 Å². The molecule has 1 amide bonds. The van der Waals surface area contributed by atoms with E-state index in [9.17, 15) is 4.79 Å². The number of piperazine rings is 1. The molecule has 2 aromatic rings. The molecular formula is C19H23ClN4O2. The first-order valence-corrected chi connectivity index (χ1v) is 9.02. The van der Waals surface area contributed by atoms with Crippen LogP contribution < -0.4 is 9.64 Å². The Hall–Kier alpha value is -2.34. The van der Waals surface area contributed by atoms with Gasteiger partial charge in [0.05, 0.1) is 5.69 Å². The maximum absolute atomic E-state index is 12.9. The predicted molar refractivity (Wildman–Crippen MR) is 102 cm³/mol. The van der Waals surface area contributed by atoms with Gasteiger partial charge in [0.25, 0.3) is 5.91 Å². The maximum atomic E-state index is 12.9. The molecule has 0 spiro atoms. The first kappa shape index (κ1) is 18.5. The third-order valence-corrected chi connectivity index (χ3v) is 4.63. The number of carbonyl (C=O) groups excluding carboxylic acids is 1. The highest BCUT2D eigenvalue weighted by molar-refractivity contribution is 6.30. The molecule has 0 N–H and O–H groups in total. The first-order chi connectivity index (χ1) is 12.3. The Kier molecular flexibility index (Phi) is 5.32. The van der Waals surface area contributed by atoms with E-state index in [2.05, 4.69) is 15.1 Å². The van der Waals surface area contributed by atoms with Crippen molar-refractivity contribution in [1.29, 1.82) is 0 Å². The van der Waals surface area contributed by atoms with Crippen molar-refractivity contribution >= 4 is 23.3 Å². The molecule has 1 aliphatic rings. The van der Waals surface area contributed by atoms with Crippen LogP contribution in [0.1, 0.15) is 19.5 Å². The van der Waals surface area contributed by atoms with Gasteiger partial charge in [-0.25, -0.2) is 0 Å². The Morgan fingerprint density at radius 1 is 1.04 bits per heavy atom. The normalized spacial score (nSPS) is 15.1. The average Bonchev–Trinajstić information content (AvgIpc) is 2.64. The lowest BCUT2D eigenvalue weighted by Gasteiger charge is -2.38. The number of aromatic nitrogens is 2. The Labute approximate surface area is 158 Å². The maximum Gasteiger partial charge on any atom is 0.266 e. The van der Waals surface area contributed by atoms with E-state index in [1.807, 2.05) is 24.0 Å². The summed E-state index contributed by atoms with van der Waals surface area (Å²) in [6, 6.07) is 10.9. The van der Waals surface area contributed by atoms with Crippen molar-refractivity contribution in [3.05, 3.63) is 47.1 Å². The number of ether oxygens (including phenoxy) is 1. The lowest BCUT2D eigenvalue weighted by atomic mass is 10.1. The van der Waals surface area contributed by atoms with E-state index >= 15 is 0 Å². The second-order valence-corrected chi connectivity index (χ2v) is 7.31. The molecule has 0 bridgehead atoms. The van der Waals surface area contributed by atoms with Gasteiger partial charge in [-0.05, 0) is 57.2 Å². The van der Waals surface area contributed by atoms with Crippen molar-refractivity contribution < 1.29 is 9.53 Å². The zero-order valence-corrected chi connectivity index (χ0v) is 16.0. The highest BCUT2D eigenvalue weighted by Gasteiger charge is 2.35. The summed E-state index contributed by atoms with van der Waals surface area (Å²) in [5, 5.41) is 8.96. The number of hydrogen-bond acceptors (Lipinski definition) is 5. The number of hydrogen-bond donors (Lipinski definition) is 0. The van der Waals surface area contributed by atoms with Crippen molar-refractivity contribution in [1.82, 2.24) is 15.1 Å². The van der Waals surface area contributed by atoms with Gasteiger partial charge in [-0.15, -0.1) is 5.10 Å². The van der Waals surface area contributed by atoms with Gasteiger partial charge in [-0.3, -0.25) is 4.79 Å².